The maximum Gasteiger partial charge on any atom is 0.242 e. The van der Waals surface area contributed by atoms with E-state index < -0.39 is 0 Å². The summed E-state index contributed by atoms with van der Waals surface area (Å²) >= 11 is 0. The number of fused-ring (bicyclic) bond motifs is 1. The molecule has 0 radical (unpaired) electrons. The number of likely N-dealkylation sites (tertiary alicyclic amines) is 1. The summed E-state index contributed by atoms with van der Waals surface area (Å²) in [7, 11) is 0. The number of anilines is 1. The molecule has 0 bridgehead atoms. The van der Waals surface area contributed by atoms with Crippen LogP contribution < -0.4 is 10.6 Å². The van der Waals surface area contributed by atoms with Gasteiger partial charge in [-0.3, -0.25) is 14.5 Å². The number of piperidine rings is 1. The first-order chi connectivity index (χ1) is 14.2. The quantitative estimate of drug-likeness (QED) is 0.666. The van der Waals surface area contributed by atoms with E-state index in [1.807, 2.05) is 54.6 Å². The van der Waals surface area contributed by atoms with Gasteiger partial charge in [0.1, 0.15) is 12.1 Å². The number of carbonyl (C=O) groups excluding carboxylic acids is 2. The molecule has 1 aliphatic heterocycles. The molecular weight excluding hydrogens is 368 g/mol. The van der Waals surface area contributed by atoms with Gasteiger partial charge in [0.15, 0.2) is 0 Å². The van der Waals surface area contributed by atoms with Crippen molar-refractivity contribution in [3.05, 3.63) is 54.6 Å². The van der Waals surface area contributed by atoms with E-state index in [4.69, 9.17) is 0 Å². The first-order valence-corrected chi connectivity index (χ1v) is 9.82. The molecule has 150 valence electrons. The molecule has 1 saturated heterocycles. The number of hydrogen-bond donors (Lipinski definition) is 2. The Morgan fingerprint density at radius 1 is 0.931 bits per heavy atom. The van der Waals surface area contributed by atoms with Crippen molar-refractivity contribution >= 4 is 28.5 Å². The van der Waals surface area contributed by atoms with E-state index in [2.05, 4.69) is 25.8 Å². The van der Waals surface area contributed by atoms with Crippen LogP contribution in [0.1, 0.15) is 12.8 Å². The lowest BCUT2D eigenvalue weighted by atomic mass is 10.0. The van der Waals surface area contributed by atoms with Gasteiger partial charge in [-0.1, -0.05) is 35.5 Å². The number of rotatable bonds is 6. The van der Waals surface area contributed by atoms with Crippen molar-refractivity contribution in [2.45, 2.75) is 25.4 Å². The molecule has 8 heteroatoms. The van der Waals surface area contributed by atoms with Crippen molar-refractivity contribution in [2.24, 2.45) is 0 Å². The van der Waals surface area contributed by atoms with Gasteiger partial charge in [0.2, 0.25) is 11.8 Å². The summed E-state index contributed by atoms with van der Waals surface area (Å²) in [6.45, 7) is 2.07. The molecule has 1 fully saturated rings. The Morgan fingerprint density at radius 3 is 2.45 bits per heavy atom. The lowest BCUT2D eigenvalue weighted by Crippen LogP contribution is -2.47. The molecule has 8 nitrogen and oxygen atoms in total. The van der Waals surface area contributed by atoms with Crippen LogP contribution in [0.4, 0.5) is 5.69 Å². The molecule has 1 aliphatic rings. The number of nitrogens with zero attached hydrogens (tertiary/aromatic N) is 4. The van der Waals surface area contributed by atoms with Gasteiger partial charge in [0.05, 0.1) is 12.1 Å². The molecule has 2 N–H and O–H groups in total. The molecule has 29 heavy (non-hydrogen) atoms. The van der Waals surface area contributed by atoms with Crippen LogP contribution in [-0.4, -0.2) is 57.4 Å². The number of para-hydroxylation sites is 2. The van der Waals surface area contributed by atoms with Gasteiger partial charge in [-0.2, -0.15) is 0 Å². The van der Waals surface area contributed by atoms with Crippen LogP contribution in [0.25, 0.3) is 11.0 Å². The molecule has 1 aromatic heterocycles. The minimum absolute atomic E-state index is 0.0169. The number of amides is 2. The van der Waals surface area contributed by atoms with Gasteiger partial charge >= 0.3 is 0 Å². The van der Waals surface area contributed by atoms with Gasteiger partial charge in [-0.15, -0.1) is 5.10 Å². The second kappa shape index (κ2) is 8.83. The van der Waals surface area contributed by atoms with Crippen LogP contribution in [0.3, 0.4) is 0 Å². The molecule has 0 spiro atoms. The Bertz CT molecular complexity index is 979. The summed E-state index contributed by atoms with van der Waals surface area (Å²) in [5.41, 5.74) is 2.43. The predicted octanol–water partition coefficient (Wildman–Crippen LogP) is 1.65. The first-order valence-electron chi connectivity index (χ1n) is 9.82. The zero-order valence-electron chi connectivity index (χ0n) is 16.1. The summed E-state index contributed by atoms with van der Waals surface area (Å²) < 4.78 is 1.62. The average Bonchev–Trinajstić information content (AvgIpc) is 3.13. The molecule has 0 unspecified atom stereocenters. The molecule has 2 amide bonds. The Hall–Kier alpha value is -3.26. The summed E-state index contributed by atoms with van der Waals surface area (Å²) in [4.78, 5) is 26.7. The lowest BCUT2D eigenvalue weighted by Gasteiger charge is -2.31. The van der Waals surface area contributed by atoms with Crippen LogP contribution in [0, 0.1) is 0 Å². The fourth-order valence-corrected chi connectivity index (χ4v) is 3.60. The number of carbonyl (C=O) groups is 2. The Kier molecular flexibility index (Phi) is 5.81. The normalized spacial score (nSPS) is 15.3. The first kappa shape index (κ1) is 19.1. The average molecular weight is 392 g/mol. The SMILES string of the molecule is O=C(CN1CCC(NC(=O)Cn2nnc3ccccc32)CC1)Nc1ccccc1. The van der Waals surface area contributed by atoms with Crippen LogP contribution >= 0.6 is 0 Å². The van der Waals surface area contributed by atoms with Crippen molar-refractivity contribution in [1.82, 2.24) is 25.2 Å². The van der Waals surface area contributed by atoms with Gasteiger partial charge in [-0.05, 0) is 37.1 Å². The highest BCUT2D eigenvalue weighted by atomic mass is 16.2. The fourth-order valence-electron chi connectivity index (χ4n) is 3.60. The lowest BCUT2D eigenvalue weighted by molar-refractivity contribution is -0.123. The van der Waals surface area contributed by atoms with Gasteiger partial charge in [0.25, 0.3) is 0 Å². The number of nitrogens with one attached hydrogen (secondary N) is 2. The number of benzene rings is 2. The van der Waals surface area contributed by atoms with Gasteiger partial charge < -0.3 is 10.6 Å². The molecule has 3 aromatic rings. The van der Waals surface area contributed by atoms with E-state index in [0.717, 1.165) is 42.7 Å². The maximum absolute atomic E-state index is 12.4. The van der Waals surface area contributed by atoms with E-state index in [1.54, 1.807) is 4.68 Å². The summed E-state index contributed by atoms with van der Waals surface area (Å²) in [5.74, 6) is -0.0855. The smallest absolute Gasteiger partial charge is 0.242 e. The summed E-state index contributed by atoms with van der Waals surface area (Å²) in [6.07, 6.45) is 1.64. The summed E-state index contributed by atoms with van der Waals surface area (Å²) in [6, 6.07) is 17.2. The molecule has 0 atom stereocenters. The van der Waals surface area contributed by atoms with Crippen LogP contribution in [0.2, 0.25) is 0 Å². The van der Waals surface area contributed by atoms with E-state index in [9.17, 15) is 9.59 Å². The predicted molar refractivity (Wildman–Crippen MR) is 110 cm³/mol. The van der Waals surface area contributed by atoms with Gasteiger partial charge in [0, 0.05) is 24.8 Å². The highest BCUT2D eigenvalue weighted by molar-refractivity contribution is 5.92. The van der Waals surface area contributed by atoms with Crippen LogP contribution in [0.15, 0.2) is 54.6 Å². The Labute approximate surface area is 168 Å². The zero-order chi connectivity index (χ0) is 20.1. The van der Waals surface area contributed by atoms with E-state index in [1.165, 1.54) is 0 Å². The molecule has 0 aliphatic carbocycles. The second-order valence-corrected chi connectivity index (χ2v) is 7.27. The fraction of sp³-hybridized carbons (Fsp3) is 0.333. The highest BCUT2D eigenvalue weighted by Crippen LogP contribution is 2.12. The largest absolute Gasteiger partial charge is 0.352 e. The van der Waals surface area contributed by atoms with Crippen molar-refractivity contribution in [1.29, 1.82) is 0 Å². The standard InChI is InChI=1S/C21H24N6O2/c28-20(22-16-6-2-1-3-7-16)14-26-12-10-17(11-13-26)23-21(29)15-27-19-9-5-4-8-18(19)24-25-27/h1-9,17H,10-15H2,(H,22,28)(H,23,29). The Balaban J connectivity index is 1.21. The van der Waals surface area contributed by atoms with Crippen molar-refractivity contribution in [3.63, 3.8) is 0 Å². The zero-order valence-corrected chi connectivity index (χ0v) is 16.1. The van der Waals surface area contributed by atoms with E-state index in [-0.39, 0.29) is 24.4 Å². The third kappa shape index (κ3) is 4.97. The highest BCUT2D eigenvalue weighted by Gasteiger charge is 2.22. The number of hydrogen-bond acceptors (Lipinski definition) is 5. The topological polar surface area (TPSA) is 92.2 Å². The molecule has 0 saturated carbocycles. The maximum atomic E-state index is 12.4. The second-order valence-electron chi connectivity index (χ2n) is 7.27. The Morgan fingerprint density at radius 2 is 1.66 bits per heavy atom. The van der Waals surface area contributed by atoms with E-state index >= 15 is 0 Å². The third-order valence-corrected chi connectivity index (χ3v) is 5.09. The molecular formula is C21H24N6O2. The molecule has 2 aromatic carbocycles. The molecule has 4 rings (SSSR count). The van der Waals surface area contributed by atoms with E-state index in [0.29, 0.717) is 6.54 Å². The van der Waals surface area contributed by atoms with Crippen molar-refractivity contribution in [3.8, 4) is 0 Å². The minimum Gasteiger partial charge on any atom is -0.352 e. The number of aromatic nitrogens is 3. The van der Waals surface area contributed by atoms with Crippen molar-refractivity contribution < 1.29 is 9.59 Å². The minimum atomic E-state index is -0.0686. The molecule has 2 heterocycles. The van der Waals surface area contributed by atoms with Crippen molar-refractivity contribution in [2.75, 3.05) is 25.0 Å². The third-order valence-electron chi connectivity index (χ3n) is 5.09. The van der Waals surface area contributed by atoms with Crippen LogP contribution in [0.5, 0.6) is 0 Å². The summed E-state index contributed by atoms with van der Waals surface area (Å²) in [5, 5.41) is 14.1. The van der Waals surface area contributed by atoms with Gasteiger partial charge in [-0.25, -0.2) is 4.68 Å². The van der Waals surface area contributed by atoms with Crippen LogP contribution in [-0.2, 0) is 16.1 Å². The monoisotopic (exact) mass is 392 g/mol.